The van der Waals surface area contributed by atoms with Gasteiger partial charge in [0.25, 0.3) is 5.91 Å². The first-order chi connectivity index (χ1) is 9.13. The monoisotopic (exact) mass is 326 g/mol. The number of carbonyl (C=O) groups excluding carboxylic acids is 1. The van der Waals surface area contributed by atoms with Gasteiger partial charge in [-0.3, -0.25) is 4.79 Å². The van der Waals surface area contributed by atoms with Gasteiger partial charge in [-0.1, -0.05) is 0 Å². The zero-order valence-corrected chi connectivity index (χ0v) is 11.6. The van der Waals surface area contributed by atoms with E-state index in [2.05, 4.69) is 31.3 Å². The van der Waals surface area contributed by atoms with E-state index in [1.807, 2.05) is 0 Å². The fourth-order valence-corrected chi connectivity index (χ4v) is 1.98. The quantitative estimate of drug-likeness (QED) is 0.806. The van der Waals surface area contributed by atoms with E-state index in [0.29, 0.717) is 21.5 Å². The van der Waals surface area contributed by atoms with Crippen molar-refractivity contribution in [3.8, 4) is 17.0 Å². The Labute approximate surface area is 117 Å². The van der Waals surface area contributed by atoms with Gasteiger partial charge in [-0.15, -0.1) is 0 Å². The maximum atomic E-state index is 11.2. The van der Waals surface area contributed by atoms with Crippen LogP contribution in [-0.4, -0.2) is 35.2 Å². The van der Waals surface area contributed by atoms with Gasteiger partial charge in [0, 0.05) is 12.7 Å². The molecule has 1 amide bonds. The molecule has 100 valence electrons. The van der Waals surface area contributed by atoms with Crippen LogP contribution in [0.2, 0.25) is 0 Å². The van der Waals surface area contributed by atoms with E-state index in [9.17, 15) is 4.79 Å². The Morgan fingerprint density at radius 3 is 2.89 bits per heavy atom. The molecule has 0 radical (unpaired) electrons. The predicted octanol–water partition coefficient (Wildman–Crippen LogP) is 1.32. The number of aromatic nitrogens is 3. The molecule has 0 fully saturated rings. The SMILES string of the molecule is COCOc1ccc(-c2n[nH]nc2C(N)=O)cc1Br. The van der Waals surface area contributed by atoms with Crippen molar-refractivity contribution in [2.75, 3.05) is 13.9 Å². The summed E-state index contributed by atoms with van der Waals surface area (Å²) in [5.74, 6) is -0.0192. The van der Waals surface area contributed by atoms with Crippen LogP contribution in [0.15, 0.2) is 22.7 Å². The highest BCUT2D eigenvalue weighted by Crippen LogP contribution is 2.30. The summed E-state index contributed by atoms with van der Waals surface area (Å²) in [5, 5.41) is 10.0. The van der Waals surface area contributed by atoms with Gasteiger partial charge in [-0.25, -0.2) is 0 Å². The molecule has 1 aromatic carbocycles. The molecule has 0 aliphatic heterocycles. The largest absolute Gasteiger partial charge is 0.466 e. The number of H-pyrrole nitrogens is 1. The van der Waals surface area contributed by atoms with E-state index < -0.39 is 5.91 Å². The van der Waals surface area contributed by atoms with Crippen molar-refractivity contribution < 1.29 is 14.3 Å². The number of aromatic amines is 1. The van der Waals surface area contributed by atoms with Gasteiger partial charge in [0.2, 0.25) is 0 Å². The number of amides is 1. The van der Waals surface area contributed by atoms with E-state index in [-0.39, 0.29) is 12.5 Å². The average molecular weight is 327 g/mol. The smallest absolute Gasteiger partial charge is 0.271 e. The highest BCUT2D eigenvalue weighted by atomic mass is 79.9. The fourth-order valence-electron chi connectivity index (χ4n) is 1.49. The normalized spacial score (nSPS) is 10.4. The summed E-state index contributed by atoms with van der Waals surface area (Å²) in [5.41, 5.74) is 6.40. The van der Waals surface area contributed by atoms with Gasteiger partial charge in [-0.05, 0) is 34.1 Å². The maximum absolute atomic E-state index is 11.2. The predicted molar refractivity (Wildman–Crippen MR) is 70.5 cm³/mol. The number of hydrogen-bond donors (Lipinski definition) is 2. The van der Waals surface area contributed by atoms with Crippen molar-refractivity contribution >= 4 is 21.8 Å². The van der Waals surface area contributed by atoms with E-state index in [4.69, 9.17) is 15.2 Å². The summed E-state index contributed by atoms with van der Waals surface area (Å²) >= 11 is 3.37. The van der Waals surface area contributed by atoms with Crippen LogP contribution >= 0.6 is 15.9 Å². The van der Waals surface area contributed by atoms with Gasteiger partial charge in [0.05, 0.1) is 4.47 Å². The molecule has 0 bridgehead atoms. The minimum Gasteiger partial charge on any atom is -0.466 e. The standard InChI is InChI=1S/C11H11BrN4O3/c1-18-5-19-8-3-2-6(4-7(8)12)9-10(11(13)17)15-16-14-9/h2-4H,5H2,1H3,(H2,13,17)(H,14,15,16). The highest BCUT2D eigenvalue weighted by Gasteiger charge is 2.16. The Kier molecular flexibility index (Phi) is 4.13. The van der Waals surface area contributed by atoms with Crippen molar-refractivity contribution in [2.24, 2.45) is 5.73 Å². The molecular formula is C11H11BrN4O3. The summed E-state index contributed by atoms with van der Waals surface area (Å²) in [6.45, 7) is 0.147. The van der Waals surface area contributed by atoms with Crippen LogP contribution in [0.5, 0.6) is 5.75 Å². The number of halogens is 1. The molecule has 1 heterocycles. The number of methoxy groups -OCH3 is 1. The molecule has 3 N–H and O–H groups in total. The number of nitrogens with two attached hydrogens (primary N) is 1. The van der Waals surface area contributed by atoms with Crippen LogP contribution in [0.3, 0.4) is 0 Å². The molecule has 2 rings (SSSR count). The number of carbonyl (C=O) groups is 1. The lowest BCUT2D eigenvalue weighted by molar-refractivity contribution is 0.0506. The van der Waals surface area contributed by atoms with Crippen LogP contribution in [-0.2, 0) is 4.74 Å². The lowest BCUT2D eigenvalue weighted by Gasteiger charge is -2.08. The molecule has 0 aliphatic rings. The Balaban J connectivity index is 2.33. The number of benzene rings is 1. The number of ether oxygens (including phenoxy) is 2. The molecule has 19 heavy (non-hydrogen) atoms. The highest BCUT2D eigenvalue weighted by molar-refractivity contribution is 9.10. The Morgan fingerprint density at radius 2 is 2.26 bits per heavy atom. The Hall–Kier alpha value is -1.93. The first-order valence-corrected chi connectivity index (χ1v) is 6.05. The lowest BCUT2D eigenvalue weighted by atomic mass is 10.1. The van der Waals surface area contributed by atoms with Gasteiger partial charge >= 0.3 is 0 Å². The molecule has 2 aromatic rings. The van der Waals surface area contributed by atoms with Crippen LogP contribution in [0.25, 0.3) is 11.3 Å². The summed E-state index contributed by atoms with van der Waals surface area (Å²) < 4.78 is 10.9. The molecule has 0 saturated heterocycles. The summed E-state index contributed by atoms with van der Waals surface area (Å²) in [7, 11) is 1.54. The van der Waals surface area contributed by atoms with E-state index >= 15 is 0 Å². The first kappa shape index (κ1) is 13.5. The molecule has 1 aromatic heterocycles. The molecule has 8 heteroatoms. The zero-order chi connectivity index (χ0) is 13.8. The van der Waals surface area contributed by atoms with E-state index in [1.54, 1.807) is 18.2 Å². The van der Waals surface area contributed by atoms with Crippen LogP contribution in [0.1, 0.15) is 10.5 Å². The third-order valence-electron chi connectivity index (χ3n) is 2.32. The molecule has 0 saturated carbocycles. The van der Waals surface area contributed by atoms with Gasteiger partial charge in [-0.2, -0.15) is 15.4 Å². The Morgan fingerprint density at radius 1 is 1.47 bits per heavy atom. The van der Waals surface area contributed by atoms with Crippen molar-refractivity contribution in [1.29, 1.82) is 0 Å². The fraction of sp³-hybridized carbons (Fsp3) is 0.182. The van der Waals surface area contributed by atoms with Crippen molar-refractivity contribution in [3.63, 3.8) is 0 Å². The van der Waals surface area contributed by atoms with Crippen LogP contribution in [0, 0.1) is 0 Å². The third kappa shape index (κ3) is 2.91. The third-order valence-corrected chi connectivity index (χ3v) is 2.94. The first-order valence-electron chi connectivity index (χ1n) is 5.25. The van der Waals surface area contributed by atoms with Gasteiger partial charge < -0.3 is 15.2 Å². The molecular weight excluding hydrogens is 316 g/mol. The lowest BCUT2D eigenvalue weighted by Crippen LogP contribution is -2.12. The maximum Gasteiger partial charge on any atom is 0.271 e. The molecule has 7 nitrogen and oxygen atoms in total. The molecule has 0 atom stereocenters. The van der Waals surface area contributed by atoms with Gasteiger partial charge in [0.1, 0.15) is 11.4 Å². The van der Waals surface area contributed by atoms with Crippen molar-refractivity contribution in [1.82, 2.24) is 15.4 Å². The average Bonchev–Trinajstić information content (AvgIpc) is 2.86. The summed E-state index contributed by atoms with van der Waals surface area (Å²) in [6, 6.07) is 5.24. The minimum atomic E-state index is -0.639. The Bertz CT molecular complexity index is 599. The molecule has 0 spiro atoms. The van der Waals surface area contributed by atoms with Gasteiger partial charge in [0.15, 0.2) is 12.5 Å². The summed E-state index contributed by atoms with van der Waals surface area (Å²) in [6.07, 6.45) is 0. The minimum absolute atomic E-state index is 0.0949. The van der Waals surface area contributed by atoms with Crippen molar-refractivity contribution in [3.05, 3.63) is 28.4 Å². The second-order valence-electron chi connectivity index (χ2n) is 3.58. The van der Waals surface area contributed by atoms with Crippen molar-refractivity contribution in [2.45, 2.75) is 0 Å². The molecule has 0 aliphatic carbocycles. The van der Waals surface area contributed by atoms with E-state index in [1.165, 1.54) is 7.11 Å². The second-order valence-corrected chi connectivity index (χ2v) is 4.44. The number of hydrogen-bond acceptors (Lipinski definition) is 5. The second kappa shape index (κ2) is 5.81. The summed E-state index contributed by atoms with van der Waals surface area (Å²) in [4.78, 5) is 11.2. The number of primary amides is 1. The number of nitrogens with one attached hydrogen (secondary N) is 1. The number of nitrogens with zero attached hydrogens (tertiary/aromatic N) is 2. The topological polar surface area (TPSA) is 103 Å². The molecule has 0 unspecified atom stereocenters. The van der Waals surface area contributed by atoms with Crippen LogP contribution in [0.4, 0.5) is 0 Å². The van der Waals surface area contributed by atoms with Crippen LogP contribution < -0.4 is 10.5 Å². The number of rotatable bonds is 5. The van der Waals surface area contributed by atoms with E-state index in [0.717, 1.165) is 0 Å². The zero-order valence-electron chi connectivity index (χ0n) is 10.0.